The molecule has 4 aromatic rings. The van der Waals surface area contributed by atoms with Crippen molar-refractivity contribution in [3.63, 3.8) is 0 Å². The molecule has 0 fully saturated rings. The van der Waals surface area contributed by atoms with Gasteiger partial charge in [0, 0.05) is 11.1 Å². The van der Waals surface area contributed by atoms with Crippen LogP contribution in [0.15, 0.2) is 57.0 Å². The Kier molecular flexibility index (Phi) is 5.19. The molecule has 4 rings (SSSR count). The number of aromatic nitrogens is 5. The number of anilines is 1. The van der Waals surface area contributed by atoms with Crippen LogP contribution < -0.4 is 15.9 Å². The van der Waals surface area contributed by atoms with Gasteiger partial charge in [-0.2, -0.15) is 9.78 Å². The second-order valence-corrected chi connectivity index (χ2v) is 5.88. The Morgan fingerprint density at radius 2 is 2.13 bits per heavy atom. The van der Waals surface area contributed by atoms with Crippen LogP contribution in [0.5, 0.6) is 5.75 Å². The van der Waals surface area contributed by atoms with Crippen LogP contribution in [0.4, 0.5) is 5.82 Å². The number of ether oxygens (including phenoxy) is 1. The number of hydrogen-bond acceptors (Lipinski definition) is 10. The fourth-order valence-electron chi connectivity index (χ4n) is 2.62. The van der Waals surface area contributed by atoms with E-state index in [-0.39, 0.29) is 17.3 Å². The van der Waals surface area contributed by atoms with Crippen LogP contribution in [0.1, 0.15) is 23.0 Å². The summed E-state index contributed by atoms with van der Waals surface area (Å²) in [5.74, 6) is 0.197. The molecule has 0 saturated carbocycles. The minimum atomic E-state index is -0.583. The highest BCUT2D eigenvalue weighted by molar-refractivity contribution is 5.98. The zero-order valence-corrected chi connectivity index (χ0v) is 15.7. The molecule has 0 spiro atoms. The van der Waals surface area contributed by atoms with Crippen LogP contribution in [-0.2, 0) is 0 Å². The maximum Gasteiger partial charge on any atom is 0.294 e. The predicted octanol–water partition coefficient (Wildman–Crippen LogP) is 1.66. The van der Waals surface area contributed by atoms with Crippen LogP contribution in [0.3, 0.4) is 0 Å². The van der Waals surface area contributed by atoms with E-state index in [1.807, 2.05) is 6.92 Å². The summed E-state index contributed by atoms with van der Waals surface area (Å²) < 4.78 is 16.3. The van der Waals surface area contributed by atoms with Crippen LogP contribution >= 0.6 is 0 Å². The second kappa shape index (κ2) is 8.26. The molecule has 0 saturated heterocycles. The third-order valence-electron chi connectivity index (χ3n) is 3.94. The average molecular weight is 408 g/mol. The fraction of sp³-hybridized carbons (Fsp3) is 0.111. The molecule has 0 aliphatic heterocycles. The largest absolute Gasteiger partial charge is 0.494 e. The normalized spacial score (nSPS) is 11.1. The molecule has 152 valence electrons. The number of benzene rings is 1. The van der Waals surface area contributed by atoms with Crippen molar-refractivity contribution in [2.24, 2.45) is 5.10 Å². The molecule has 0 aliphatic carbocycles. The number of hydrazone groups is 1. The summed E-state index contributed by atoms with van der Waals surface area (Å²) in [5.41, 5.74) is 9.85. The average Bonchev–Trinajstić information content (AvgIpc) is 3.49. The number of nitrogens with two attached hydrogens (primary N) is 1. The number of amides is 1. The lowest BCUT2D eigenvalue weighted by molar-refractivity contribution is 0.0950. The van der Waals surface area contributed by atoms with Gasteiger partial charge >= 0.3 is 0 Å². The molecule has 0 bridgehead atoms. The molecular weight excluding hydrogens is 392 g/mol. The minimum Gasteiger partial charge on any atom is -0.494 e. The third kappa shape index (κ3) is 3.73. The van der Waals surface area contributed by atoms with E-state index in [2.05, 4.69) is 35.8 Å². The van der Waals surface area contributed by atoms with E-state index < -0.39 is 5.91 Å². The Hall–Kier alpha value is -4.48. The van der Waals surface area contributed by atoms with Gasteiger partial charge in [0.2, 0.25) is 11.6 Å². The molecule has 1 aromatic carbocycles. The maximum absolute atomic E-state index is 12.7. The van der Waals surface area contributed by atoms with Crippen LogP contribution in [0, 0.1) is 0 Å². The van der Waals surface area contributed by atoms with Gasteiger partial charge < -0.3 is 14.9 Å². The SMILES string of the molecule is CCOc1ccc(-c2c(C(=O)NN=Cc3ccoc3)nnn2-c2nonc2N)cc1. The Bertz CT molecular complexity index is 1160. The van der Waals surface area contributed by atoms with Crippen molar-refractivity contribution in [3.05, 3.63) is 54.1 Å². The lowest BCUT2D eigenvalue weighted by atomic mass is 10.1. The van der Waals surface area contributed by atoms with E-state index in [4.69, 9.17) is 14.9 Å². The van der Waals surface area contributed by atoms with Crippen molar-refractivity contribution < 1.29 is 18.6 Å². The summed E-state index contributed by atoms with van der Waals surface area (Å²) in [7, 11) is 0. The summed E-state index contributed by atoms with van der Waals surface area (Å²) in [4.78, 5) is 12.7. The topological polar surface area (TPSA) is 159 Å². The maximum atomic E-state index is 12.7. The van der Waals surface area contributed by atoms with E-state index in [1.165, 1.54) is 23.4 Å². The van der Waals surface area contributed by atoms with Crippen molar-refractivity contribution in [2.75, 3.05) is 12.3 Å². The van der Waals surface area contributed by atoms with Crippen molar-refractivity contribution in [1.82, 2.24) is 30.7 Å². The second-order valence-electron chi connectivity index (χ2n) is 5.88. The van der Waals surface area contributed by atoms with Gasteiger partial charge in [0.15, 0.2) is 5.69 Å². The molecule has 0 aliphatic rings. The minimum absolute atomic E-state index is 0.00276. The van der Waals surface area contributed by atoms with Gasteiger partial charge in [-0.1, -0.05) is 5.21 Å². The molecule has 12 heteroatoms. The zero-order valence-electron chi connectivity index (χ0n) is 15.7. The van der Waals surface area contributed by atoms with E-state index in [9.17, 15) is 4.79 Å². The van der Waals surface area contributed by atoms with E-state index >= 15 is 0 Å². The summed E-state index contributed by atoms with van der Waals surface area (Å²) in [6.07, 6.45) is 4.41. The summed E-state index contributed by atoms with van der Waals surface area (Å²) in [5, 5.41) is 19.2. The Labute approximate surface area is 169 Å². The highest BCUT2D eigenvalue weighted by Gasteiger charge is 2.25. The lowest BCUT2D eigenvalue weighted by Crippen LogP contribution is -2.19. The van der Waals surface area contributed by atoms with E-state index in [0.717, 1.165) is 0 Å². The van der Waals surface area contributed by atoms with E-state index in [0.29, 0.717) is 29.2 Å². The Balaban J connectivity index is 1.70. The smallest absolute Gasteiger partial charge is 0.294 e. The molecule has 0 radical (unpaired) electrons. The first-order valence-electron chi connectivity index (χ1n) is 8.80. The first-order valence-corrected chi connectivity index (χ1v) is 8.80. The van der Waals surface area contributed by atoms with Crippen LogP contribution in [0.25, 0.3) is 17.1 Å². The van der Waals surface area contributed by atoms with Crippen molar-refractivity contribution in [3.8, 4) is 22.8 Å². The third-order valence-corrected chi connectivity index (χ3v) is 3.94. The zero-order chi connectivity index (χ0) is 20.9. The number of carbonyl (C=O) groups is 1. The van der Waals surface area contributed by atoms with Gasteiger partial charge in [-0.3, -0.25) is 4.79 Å². The molecular formula is C18H16N8O4. The van der Waals surface area contributed by atoms with Gasteiger partial charge in [-0.15, -0.1) is 5.10 Å². The van der Waals surface area contributed by atoms with E-state index in [1.54, 1.807) is 30.3 Å². The summed E-state index contributed by atoms with van der Waals surface area (Å²) in [6, 6.07) is 8.74. The van der Waals surface area contributed by atoms with Crippen LogP contribution in [0.2, 0.25) is 0 Å². The van der Waals surface area contributed by atoms with Gasteiger partial charge in [0.1, 0.15) is 11.4 Å². The van der Waals surface area contributed by atoms with Crippen molar-refractivity contribution in [2.45, 2.75) is 6.92 Å². The van der Waals surface area contributed by atoms with Gasteiger partial charge in [-0.05, 0) is 47.6 Å². The summed E-state index contributed by atoms with van der Waals surface area (Å²) in [6.45, 7) is 2.42. The highest BCUT2D eigenvalue weighted by atomic mass is 16.6. The molecule has 30 heavy (non-hydrogen) atoms. The predicted molar refractivity (Wildman–Crippen MR) is 104 cm³/mol. The molecule has 3 heterocycles. The molecule has 12 nitrogen and oxygen atoms in total. The van der Waals surface area contributed by atoms with Crippen molar-refractivity contribution >= 4 is 17.9 Å². The molecule has 3 N–H and O–H groups in total. The number of hydrogen-bond donors (Lipinski definition) is 2. The number of rotatable bonds is 7. The van der Waals surface area contributed by atoms with Crippen molar-refractivity contribution in [1.29, 1.82) is 0 Å². The Morgan fingerprint density at radius 3 is 2.80 bits per heavy atom. The van der Waals surface area contributed by atoms with Gasteiger partial charge in [0.25, 0.3) is 5.91 Å². The first-order chi connectivity index (χ1) is 14.7. The number of carbonyl (C=O) groups excluding carboxylic acids is 1. The quantitative estimate of drug-likeness (QED) is 0.342. The first kappa shape index (κ1) is 18.9. The molecule has 1 amide bonds. The monoisotopic (exact) mass is 408 g/mol. The number of nitrogens with one attached hydrogen (secondary N) is 1. The van der Waals surface area contributed by atoms with Gasteiger partial charge in [-0.25, -0.2) is 10.1 Å². The highest BCUT2D eigenvalue weighted by Crippen LogP contribution is 2.28. The fourth-order valence-corrected chi connectivity index (χ4v) is 2.62. The molecule has 0 unspecified atom stereocenters. The molecule has 0 atom stereocenters. The van der Waals surface area contributed by atoms with Crippen LogP contribution in [-0.4, -0.2) is 44.0 Å². The number of nitrogen functional groups attached to an aromatic ring is 1. The van der Waals surface area contributed by atoms with Gasteiger partial charge in [0.05, 0.1) is 25.3 Å². The molecule has 3 aromatic heterocycles. The standard InChI is InChI=1S/C18H16N8O4/c1-2-29-13-5-3-12(4-6-13)15-14(18(27)22-20-9-11-7-8-28-10-11)21-25-26(15)17-16(19)23-30-24-17/h3-10H,2H2,1H3,(H2,19,23)(H,22,27). The Morgan fingerprint density at radius 1 is 1.30 bits per heavy atom. The number of furan rings is 1. The summed E-state index contributed by atoms with van der Waals surface area (Å²) >= 11 is 0. The number of nitrogens with zero attached hydrogens (tertiary/aromatic N) is 6. The lowest BCUT2D eigenvalue weighted by Gasteiger charge is -2.07.